The fraction of sp³-hybridized carbons (Fsp3) is 0.182. The summed E-state index contributed by atoms with van der Waals surface area (Å²) in [6.07, 6.45) is 0. The molecule has 5 heteroatoms. The van der Waals surface area contributed by atoms with E-state index in [0.29, 0.717) is 29.7 Å². The number of fused-ring (bicyclic) bond motifs is 3. The van der Waals surface area contributed by atoms with E-state index in [4.69, 9.17) is 0 Å². The van der Waals surface area contributed by atoms with Crippen LogP contribution in [0, 0.1) is 11.6 Å². The fourth-order valence-corrected chi connectivity index (χ4v) is 2.06. The molecule has 1 aromatic heterocycles. The van der Waals surface area contributed by atoms with Crippen molar-refractivity contribution in [2.45, 2.75) is 6.54 Å². The number of carbonyl (C=O) groups is 1. The number of rotatable bonds is 0. The van der Waals surface area contributed by atoms with Crippen LogP contribution in [0.1, 0.15) is 10.5 Å². The fourth-order valence-electron chi connectivity index (χ4n) is 2.06. The van der Waals surface area contributed by atoms with Gasteiger partial charge >= 0.3 is 0 Å². The Balaban J connectivity index is 2.36. The second-order valence-electron chi connectivity index (χ2n) is 3.76. The van der Waals surface area contributed by atoms with Crippen molar-refractivity contribution < 1.29 is 13.6 Å². The number of nitrogens with zero attached hydrogens (tertiary/aromatic N) is 1. The zero-order valence-electron chi connectivity index (χ0n) is 8.26. The van der Waals surface area contributed by atoms with Crippen LogP contribution in [0.2, 0.25) is 0 Å². The summed E-state index contributed by atoms with van der Waals surface area (Å²) in [5.74, 6) is -1.99. The molecule has 1 aliphatic rings. The Morgan fingerprint density at radius 3 is 2.75 bits per heavy atom. The minimum absolute atomic E-state index is 0.205. The lowest BCUT2D eigenvalue weighted by atomic mass is 10.2. The number of hydrogen-bond acceptors (Lipinski definition) is 1. The molecule has 0 fully saturated rings. The maximum Gasteiger partial charge on any atom is 0.268 e. The molecule has 1 aromatic carbocycles. The van der Waals surface area contributed by atoms with Crippen LogP contribution >= 0.6 is 0 Å². The van der Waals surface area contributed by atoms with Crippen LogP contribution in [0.25, 0.3) is 10.9 Å². The Morgan fingerprint density at radius 1 is 1.19 bits per heavy atom. The summed E-state index contributed by atoms with van der Waals surface area (Å²) in [7, 11) is 0. The molecule has 0 saturated heterocycles. The molecule has 0 unspecified atom stereocenters. The van der Waals surface area contributed by atoms with Gasteiger partial charge < -0.3 is 9.88 Å². The van der Waals surface area contributed by atoms with E-state index in [-0.39, 0.29) is 5.91 Å². The van der Waals surface area contributed by atoms with Crippen molar-refractivity contribution in [2.75, 3.05) is 6.54 Å². The maximum atomic E-state index is 13.1. The predicted molar refractivity (Wildman–Crippen MR) is 54.2 cm³/mol. The van der Waals surface area contributed by atoms with Crippen molar-refractivity contribution in [3.05, 3.63) is 35.5 Å². The quantitative estimate of drug-likeness (QED) is 0.722. The van der Waals surface area contributed by atoms with Gasteiger partial charge in [-0.25, -0.2) is 8.78 Å². The van der Waals surface area contributed by atoms with E-state index in [9.17, 15) is 13.6 Å². The van der Waals surface area contributed by atoms with Gasteiger partial charge in [0.25, 0.3) is 5.91 Å². The molecule has 3 rings (SSSR count). The molecule has 82 valence electrons. The van der Waals surface area contributed by atoms with Gasteiger partial charge in [0, 0.05) is 24.5 Å². The van der Waals surface area contributed by atoms with Gasteiger partial charge in [-0.3, -0.25) is 4.79 Å². The monoisotopic (exact) mass is 222 g/mol. The van der Waals surface area contributed by atoms with E-state index >= 15 is 0 Å². The Bertz CT molecular complexity index is 604. The summed E-state index contributed by atoms with van der Waals surface area (Å²) >= 11 is 0. The van der Waals surface area contributed by atoms with Crippen LogP contribution in [0.4, 0.5) is 8.78 Å². The first kappa shape index (κ1) is 9.33. The normalized spacial score (nSPS) is 15.0. The largest absolute Gasteiger partial charge is 0.349 e. The topological polar surface area (TPSA) is 34.0 Å². The third-order valence-electron chi connectivity index (χ3n) is 2.80. The van der Waals surface area contributed by atoms with Crippen LogP contribution in [-0.2, 0) is 6.54 Å². The third kappa shape index (κ3) is 1.14. The smallest absolute Gasteiger partial charge is 0.268 e. The van der Waals surface area contributed by atoms with Crippen LogP contribution in [-0.4, -0.2) is 17.0 Å². The van der Waals surface area contributed by atoms with Crippen LogP contribution < -0.4 is 5.32 Å². The zero-order valence-corrected chi connectivity index (χ0v) is 8.26. The molecule has 1 amide bonds. The average Bonchev–Trinajstić information content (AvgIpc) is 2.59. The van der Waals surface area contributed by atoms with Crippen LogP contribution in [0.3, 0.4) is 0 Å². The van der Waals surface area contributed by atoms with Gasteiger partial charge in [-0.2, -0.15) is 0 Å². The Labute approximate surface area is 89.7 Å². The standard InChI is InChI=1S/C11H8F2N2O/c12-7-3-6-4-10-11(16)14-1-2-15(10)9(6)5-8(7)13/h3-5H,1-2H2,(H,14,16). The van der Waals surface area contributed by atoms with E-state index < -0.39 is 11.6 Å². The average molecular weight is 222 g/mol. The lowest BCUT2D eigenvalue weighted by molar-refractivity contribution is 0.0929. The SMILES string of the molecule is O=C1NCCn2c1cc1cc(F)c(F)cc12. The summed E-state index contributed by atoms with van der Waals surface area (Å²) in [5, 5.41) is 3.23. The summed E-state index contributed by atoms with van der Waals surface area (Å²) in [4.78, 5) is 11.5. The first-order chi connectivity index (χ1) is 7.66. The number of carbonyl (C=O) groups excluding carboxylic acids is 1. The lowest BCUT2D eigenvalue weighted by Gasteiger charge is -2.16. The number of hydrogen-bond donors (Lipinski definition) is 1. The van der Waals surface area contributed by atoms with Gasteiger partial charge in [0.1, 0.15) is 5.69 Å². The van der Waals surface area contributed by atoms with Gasteiger partial charge in [-0.05, 0) is 12.1 Å². The molecular weight excluding hydrogens is 214 g/mol. The molecule has 16 heavy (non-hydrogen) atoms. The second-order valence-corrected chi connectivity index (χ2v) is 3.76. The van der Waals surface area contributed by atoms with E-state index in [1.54, 1.807) is 10.6 Å². The third-order valence-corrected chi connectivity index (χ3v) is 2.80. The van der Waals surface area contributed by atoms with Gasteiger partial charge in [-0.1, -0.05) is 0 Å². The molecule has 2 aromatic rings. The summed E-state index contributed by atoms with van der Waals surface area (Å²) < 4.78 is 27.8. The van der Waals surface area contributed by atoms with Crippen LogP contribution in [0.5, 0.6) is 0 Å². The van der Waals surface area contributed by atoms with Crippen molar-refractivity contribution in [2.24, 2.45) is 0 Å². The van der Waals surface area contributed by atoms with Crippen molar-refractivity contribution in [1.82, 2.24) is 9.88 Å². The summed E-state index contributed by atoms with van der Waals surface area (Å²) in [6.45, 7) is 1.09. The molecule has 0 aliphatic carbocycles. The van der Waals surface area contributed by atoms with E-state index in [1.807, 2.05) is 0 Å². The molecule has 0 atom stereocenters. The first-order valence-electron chi connectivity index (χ1n) is 4.93. The number of nitrogens with one attached hydrogen (secondary N) is 1. The van der Waals surface area contributed by atoms with E-state index in [0.717, 1.165) is 12.1 Å². The highest BCUT2D eigenvalue weighted by Crippen LogP contribution is 2.24. The highest BCUT2D eigenvalue weighted by atomic mass is 19.2. The Morgan fingerprint density at radius 2 is 1.94 bits per heavy atom. The zero-order chi connectivity index (χ0) is 11.3. The predicted octanol–water partition coefficient (Wildman–Crippen LogP) is 1.66. The molecule has 3 nitrogen and oxygen atoms in total. The maximum absolute atomic E-state index is 13.1. The van der Waals surface area contributed by atoms with Gasteiger partial charge in [0.05, 0.1) is 5.52 Å². The molecule has 2 heterocycles. The highest BCUT2D eigenvalue weighted by Gasteiger charge is 2.20. The van der Waals surface area contributed by atoms with Crippen molar-refractivity contribution in [1.29, 1.82) is 0 Å². The van der Waals surface area contributed by atoms with Gasteiger partial charge in [0.2, 0.25) is 0 Å². The number of benzene rings is 1. The number of aromatic nitrogens is 1. The van der Waals surface area contributed by atoms with E-state index in [2.05, 4.69) is 5.32 Å². The molecule has 0 saturated carbocycles. The molecule has 0 spiro atoms. The van der Waals surface area contributed by atoms with Gasteiger partial charge in [-0.15, -0.1) is 0 Å². The minimum atomic E-state index is -0.893. The molecule has 1 N–H and O–H groups in total. The second kappa shape index (κ2) is 3.04. The van der Waals surface area contributed by atoms with Crippen molar-refractivity contribution in [3.8, 4) is 0 Å². The molecule has 0 radical (unpaired) electrons. The van der Waals surface area contributed by atoms with Gasteiger partial charge in [0.15, 0.2) is 11.6 Å². The van der Waals surface area contributed by atoms with Crippen LogP contribution in [0.15, 0.2) is 18.2 Å². The number of amides is 1. The van der Waals surface area contributed by atoms with Crippen molar-refractivity contribution >= 4 is 16.8 Å². The van der Waals surface area contributed by atoms with Crippen molar-refractivity contribution in [3.63, 3.8) is 0 Å². The number of halogens is 2. The first-order valence-corrected chi connectivity index (χ1v) is 4.93. The summed E-state index contributed by atoms with van der Waals surface area (Å²) in [6, 6.07) is 3.82. The Kier molecular flexibility index (Phi) is 1.77. The Hall–Kier alpha value is -1.91. The molecule has 1 aliphatic heterocycles. The molecule has 0 bridgehead atoms. The lowest BCUT2D eigenvalue weighted by Crippen LogP contribution is -2.34. The van der Waals surface area contributed by atoms with E-state index in [1.165, 1.54) is 0 Å². The molecular formula is C11H8F2N2O. The highest BCUT2D eigenvalue weighted by molar-refractivity contribution is 5.99. The minimum Gasteiger partial charge on any atom is -0.349 e. The summed E-state index contributed by atoms with van der Waals surface area (Å²) in [5.41, 5.74) is 1.01.